The Morgan fingerprint density at radius 2 is 0.588 bits per heavy atom. The standard InChI is InChI=1S/C82H102O20/c1-12-13-32-45-87-74-71(100-77(84)80(3,4)5)68(92-49-59-39-26-17-27-40-59)66(90-47-57-35-22-15-23-36-57)63(97-74)53-95-76-73(102-79(86)82(9,10)11)70(94-51-61-43-30-19-31-44-61)67(91-48-58-37-24-16-25-38-58)64(99-76)54-96-75-72(101-78(85)81(6,7)8)69(93-50-60-41-28-18-29-42-60)65(62(98-75)52-88-55(2)83)89-46-56-33-20-14-21-34-56/h12,14-31,33-44,62-76H,1,13,32,45-54H2,2-11H3/t62-,63-,64-,65-,66-,67-,68+,69+,70+,71-,72-,73-,74-,75-,76-/m1/s1. The highest BCUT2D eigenvalue weighted by atomic mass is 16.8. The van der Waals surface area contributed by atoms with Crippen LogP contribution in [0.15, 0.2) is 195 Å². The summed E-state index contributed by atoms with van der Waals surface area (Å²) >= 11 is 0. The normalized spacial score (nSPS) is 25.4. The Kier molecular flexibility index (Phi) is 29.5. The molecular weight excluding hydrogens is 1300 g/mol. The molecule has 20 heteroatoms. The van der Waals surface area contributed by atoms with E-state index in [2.05, 4.69) is 6.58 Å². The van der Waals surface area contributed by atoms with Crippen LogP contribution in [0.4, 0.5) is 0 Å². The highest BCUT2D eigenvalue weighted by Gasteiger charge is 2.57. The Bertz CT molecular complexity index is 3470. The number of carbonyl (C=O) groups is 4. The summed E-state index contributed by atoms with van der Waals surface area (Å²) in [5, 5.41) is 0. The summed E-state index contributed by atoms with van der Waals surface area (Å²) in [6.07, 6.45) is -15.2. The monoisotopic (exact) mass is 1410 g/mol. The minimum Gasteiger partial charge on any atom is -0.463 e. The number of hydrogen-bond donors (Lipinski definition) is 0. The van der Waals surface area contributed by atoms with Crippen molar-refractivity contribution in [1.29, 1.82) is 0 Å². The van der Waals surface area contributed by atoms with Crippen LogP contribution in [0.5, 0.6) is 0 Å². The van der Waals surface area contributed by atoms with E-state index in [0.717, 1.165) is 33.4 Å². The highest BCUT2D eigenvalue weighted by Crippen LogP contribution is 2.39. The number of allylic oxidation sites excluding steroid dienone is 1. The predicted octanol–water partition coefficient (Wildman–Crippen LogP) is 13.1. The molecule has 0 N–H and O–H groups in total. The average Bonchev–Trinajstić information content (AvgIpc) is 0.786. The van der Waals surface area contributed by atoms with Crippen LogP contribution in [0.3, 0.4) is 0 Å². The largest absolute Gasteiger partial charge is 0.463 e. The van der Waals surface area contributed by atoms with Gasteiger partial charge in [0.2, 0.25) is 0 Å². The van der Waals surface area contributed by atoms with Gasteiger partial charge in [-0.05, 0) is 109 Å². The van der Waals surface area contributed by atoms with Crippen molar-refractivity contribution in [2.75, 3.05) is 26.4 Å². The molecule has 0 aromatic heterocycles. The lowest BCUT2D eigenvalue weighted by atomic mass is 9.94. The van der Waals surface area contributed by atoms with Gasteiger partial charge >= 0.3 is 23.9 Å². The molecule has 0 amide bonds. The van der Waals surface area contributed by atoms with Crippen molar-refractivity contribution in [3.63, 3.8) is 0 Å². The maximum atomic E-state index is 14.8. The third kappa shape index (κ3) is 23.5. The molecule has 20 nitrogen and oxygen atoms in total. The van der Waals surface area contributed by atoms with Gasteiger partial charge in [-0.1, -0.05) is 188 Å². The van der Waals surface area contributed by atoms with E-state index in [4.69, 9.17) is 75.8 Å². The Morgan fingerprint density at radius 3 is 0.833 bits per heavy atom. The third-order valence-corrected chi connectivity index (χ3v) is 17.2. The van der Waals surface area contributed by atoms with E-state index >= 15 is 0 Å². The topological polar surface area (TPSA) is 216 Å². The first-order valence-corrected chi connectivity index (χ1v) is 35.1. The van der Waals surface area contributed by atoms with Gasteiger partial charge in [-0.2, -0.15) is 0 Å². The molecule has 3 fully saturated rings. The van der Waals surface area contributed by atoms with Gasteiger partial charge in [-0.15, -0.1) is 6.58 Å². The van der Waals surface area contributed by atoms with Crippen LogP contribution >= 0.6 is 0 Å². The molecule has 0 saturated carbocycles. The van der Waals surface area contributed by atoms with Gasteiger partial charge in [0.25, 0.3) is 0 Å². The first-order valence-electron chi connectivity index (χ1n) is 35.1. The molecule has 0 aliphatic carbocycles. The van der Waals surface area contributed by atoms with Crippen molar-refractivity contribution in [2.24, 2.45) is 16.2 Å². The van der Waals surface area contributed by atoms with Gasteiger partial charge in [0, 0.05) is 6.92 Å². The molecule has 6 aromatic rings. The fourth-order valence-corrected chi connectivity index (χ4v) is 11.5. The van der Waals surface area contributed by atoms with Crippen molar-refractivity contribution in [1.82, 2.24) is 0 Å². The van der Waals surface area contributed by atoms with Crippen molar-refractivity contribution < 1.29 is 95.0 Å². The Hall–Kier alpha value is -7.54. The third-order valence-electron chi connectivity index (χ3n) is 17.2. The van der Waals surface area contributed by atoms with Crippen LogP contribution in [-0.4, -0.2) is 142 Å². The number of carbonyl (C=O) groups excluding carboxylic acids is 4. The summed E-state index contributed by atoms with van der Waals surface area (Å²) in [5.41, 5.74) is 1.82. The van der Waals surface area contributed by atoms with Crippen LogP contribution < -0.4 is 0 Å². The molecule has 102 heavy (non-hydrogen) atoms. The fourth-order valence-electron chi connectivity index (χ4n) is 11.5. The van der Waals surface area contributed by atoms with Gasteiger partial charge in [0.05, 0.1) is 75.7 Å². The molecule has 9 rings (SSSR count). The second kappa shape index (κ2) is 38.3. The molecule has 6 aromatic carbocycles. The zero-order valence-electron chi connectivity index (χ0n) is 60.4. The van der Waals surface area contributed by atoms with Crippen LogP contribution in [-0.2, 0) is 135 Å². The first-order chi connectivity index (χ1) is 49.0. The molecule has 3 heterocycles. The number of hydrogen-bond acceptors (Lipinski definition) is 20. The van der Waals surface area contributed by atoms with Crippen molar-refractivity contribution >= 4 is 23.9 Å². The lowest BCUT2D eigenvalue weighted by Gasteiger charge is -2.48. The number of esters is 4. The molecular formula is C82H102O20. The van der Waals surface area contributed by atoms with E-state index < -0.39 is 139 Å². The first kappa shape index (κ1) is 78.6. The molecule has 0 unspecified atom stereocenters. The summed E-state index contributed by atoms with van der Waals surface area (Å²) in [6, 6.07) is 57.2. The zero-order chi connectivity index (χ0) is 72.7. The highest BCUT2D eigenvalue weighted by molar-refractivity contribution is 5.76. The Morgan fingerprint density at radius 1 is 0.343 bits per heavy atom. The molecule has 15 atom stereocenters. The maximum Gasteiger partial charge on any atom is 0.311 e. The number of rotatable bonds is 34. The second-order valence-electron chi connectivity index (χ2n) is 28.8. The molecule has 0 spiro atoms. The minimum absolute atomic E-state index is 0.000875. The summed E-state index contributed by atoms with van der Waals surface area (Å²) < 4.78 is 109. The maximum absolute atomic E-state index is 14.8. The van der Waals surface area contributed by atoms with Crippen molar-refractivity contribution in [3.8, 4) is 0 Å². The molecule has 0 radical (unpaired) electrons. The molecule has 3 aliphatic rings. The van der Waals surface area contributed by atoms with Gasteiger partial charge in [0.1, 0.15) is 61.5 Å². The van der Waals surface area contributed by atoms with E-state index in [1.54, 1.807) is 68.4 Å². The number of benzene rings is 6. The summed E-state index contributed by atoms with van der Waals surface area (Å²) in [7, 11) is 0. The van der Waals surface area contributed by atoms with E-state index in [9.17, 15) is 19.2 Å². The molecule has 3 saturated heterocycles. The van der Waals surface area contributed by atoms with Crippen LogP contribution in [0, 0.1) is 16.2 Å². The van der Waals surface area contributed by atoms with Crippen molar-refractivity contribution in [3.05, 3.63) is 228 Å². The summed E-state index contributed by atoms with van der Waals surface area (Å²) in [6.45, 7) is 20.3. The Labute approximate surface area is 600 Å². The van der Waals surface area contributed by atoms with E-state index in [-0.39, 0.29) is 59.5 Å². The van der Waals surface area contributed by atoms with Gasteiger partial charge in [0.15, 0.2) is 37.2 Å². The fraction of sp³-hybridized carbons (Fsp3) is 0.488. The lowest BCUT2D eigenvalue weighted by molar-refractivity contribution is -0.356. The molecule has 3 aliphatic heterocycles. The van der Waals surface area contributed by atoms with Gasteiger partial charge in [-0.3, -0.25) is 19.2 Å². The summed E-state index contributed by atoms with van der Waals surface area (Å²) in [4.78, 5) is 56.3. The SMILES string of the molecule is C=CCCCO[C@@H]1O[C@H](CO[C@@H]2O[C@H](CO[C@@H]3O[C@H](COC(C)=O)[C@@H](OCc4ccccc4)[C@H](OCc4ccccc4)[C@H]3OC(=O)C(C)(C)C)[C@@H](OCc3ccccc3)[C@H](OCc3ccccc3)[C@H]2OC(=O)C(C)(C)C)[C@@H](OCc2ccccc2)[C@H](OCc2ccccc2)[C@H]1OC(=O)C(C)(C)C. The van der Waals surface area contributed by atoms with Gasteiger partial charge < -0.3 is 75.8 Å². The summed E-state index contributed by atoms with van der Waals surface area (Å²) in [5.74, 6) is -2.32. The van der Waals surface area contributed by atoms with Crippen LogP contribution in [0.1, 0.15) is 115 Å². The van der Waals surface area contributed by atoms with Crippen LogP contribution in [0.2, 0.25) is 0 Å². The smallest absolute Gasteiger partial charge is 0.311 e. The average molecular weight is 1410 g/mol. The number of unbranched alkanes of at least 4 members (excludes halogenated alkanes) is 1. The molecule has 0 bridgehead atoms. The lowest BCUT2D eigenvalue weighted by Crippen LogP contribution is -2.65. The quantitative estimate of drug-likeness (QED) is 0.0159. The van der Waals surface area contributed by atoms with Gasteiger partial charge in [-0.25, -0.2) is 0 Å². The van der Waals surface area contributed by atoms with Crippen LogP contribution in [0.25, 0.3) is 0 Å². The molecule has 550 valence electrons. The second-order valence-corrected chi connectivity index (χ2v) is 28.8. The van der Waals surface area contributed by atoms with E-state index in [1.807, 2.05) is 182 Å². The zero-order valence-corrected chi connectivity index (χ0v) is 60.4. The minimum atomic E-state index is -1.52. The van der Waals surface area contributed by atoms with E-state index in [1.165, 1.54) is 6.92 Å². The Balaban J connectivity index is 1.15. The van der Waals surface area contributed by atoms with Crippen molar-refractivity contribution in [2.45, 2.75) is 214 Å². The number of ether oxygens (including phenoxy) is 16. The van der Waals surface area contributed by atoms with E-state index in [0.29, 0.717) is 12.8 Å². The predicted molar refractivity (Wildman–Crippen MR) is 378 cm³/mol.